The van der Waals surface area contributed by atoms with Crippen molar-refractivity contribution in [2.75, 3.05) is 12.0 Å². The van der Waals surface area contributed by atoms with Gasteiger partial charge >= 0.3 is 0 Å². The lowest BCUT2D eigenvalue weighted by Gasteiger charge is -2.03. The Kier molecular flexibility index (Phi) is 5.95. The second kappa shape index (κ2) is 7.24. The molecule has 0 aliphatic rings. The molecule has 0 aliphatic heterocycles. The zero-order valence-corrected chi connectivity index (χ0v) is 12.2. The number of thioether (sulfide) groups is 1. The maximum atomic E-state index is 5.82. The number of aromatic nitrogens is 2. The monoisotopic (exact) mass is 281 g/mol. The number of hydrogen-bond donors (Lipinski definition) is 1. The molecule has 0 fully saturated rings. The average molecular weight is 282 g/mol. The minimum Gasteiger partial charge on any atom is -0.368 e. The van der Waals surface area contributed by atoms with E-state index in [-0.39, 0.29) is 5.95 Å². The number of nitrogen functional groups attached to an aromatic ring is 1. The van der Waals surface area contributed by atoms with E-state index in [0.29, 0.717) is 5.15 Å². The molecule has 2 rings (SSSR count). The molecule has 3 nitrogen and oxygen atoms in total. The topological polar surface area (TPSA) is 51.8 Å². The number of benzene rings is 1. The van der Waals surface area contributed by atoms with E-state index in [1.165, 1.54) is 4.90 Å². The van der Waals surface area contributed by atoms with Crippen LogP contribution in [0.2, 0.25) is 5.15 Å². The number of nitrogens with zero attached hydrogens (tertiary/aromatic N) is 2. The Labute approximate surface area is 117 Å². The largest absolute Gasteiger partial charge is 0.368 e. The SMILES string of the molecule is CC.CSc1ccc(-c2cc(Cl)nc(N)n2)cc1. The Balaban J connectivity index is 0.000000771. The van der Waals surface area contributed by atoms with Crippen molar-refractivity contribution in [3.05, 3.63) is 35.5 Å². The van der Waals surface area contributed by atoms with Gasteiger partial charge in [0.15, 0.2) is 0 Å². The standard InChI is InChI=1S/C11H10ClN3S.C2H6/c1-16-8-4-2-7(3-5-8)9-6-10(12)15-11(13)14-9;1-2/h2-6H,1H3,(H2,13,14,15);1-2H3. The highest BCUT2D eigenvalue weighted by Crippen LogP contribution is 2.23. The maximum absolute atomic E-state index is 5.82. The van der Waals surface area contributed by atoms with E-state index in [9.17, 15) is 0 Å². The highest BCUT2D eigenvalue weighted by Gasteiger charge is 2.03. The van der Waals surface area contributed by atoms with Gasteiger partial charge in [-0.15, -0.1) is 11.8 Å². The summed E-state index contributed by atoms with van der Waals surface area (Å²) in [5, 5.41) is 0.358. The molecule has 1 aromatic heterocycles. The van der Waals surface area contributed by atoms with Crippen LogP contribution < -0.4 is 5.73 Å². The third-order valence-electron chi connectivity index (χ3n) is 2.10. The molecule has 0 atom stereocenters. The maximum Gasteiger partial charge on any atom is 0.221 e. The minimum absolute atomic E-state index is 0.191. The van der Waals surface area contributed by atoms with E-state index in [1.807, 2.05) is 44.4 Å². The normalized spacial score (nSPS) is 9.56. The van der Waals surface area contributed by atoms with E-state index >= 15 is 0 Å². The van der Waals surface area contributed by atoms with Gasteiger partial charge in [0.05, 0.1) is 5.69 Å². The van der Waals surface area contributed by atoms with E-state index in [4.69, 9.17) is 17.3 Å². The van der Waals surface area contributed by atoms with Gasteiger partial charge < -0.3 is 5.73 Å². The van der Waals surface area contributed by atoms with Crippen molar-refractivity contribution < 1.29 is 0 Å². The zero-order valence-electron chi connectivity index (χ0n) is 10.6. The van der Waals surface area contributed by atoms with Crippen LogP contribution in [0.3, 0.4) is 0 Å². The molecule has 0 aliphatic carbocycles. The predicted octanol–water partition coefficient (Wildman–Crippen LogP) is 4.13. The van der Waals surface area contributed by atoms with Gasteiger partial charge in [-0.3, -0.25) is 0 Å². The molecular formula is C13H16ClN3S. The van der Waals surface area contributed by atoms with Crippen molar-refractivity contribution in [1.82, 2.24) is 9.97 Å². The lowest BCUT2D eigenvalue weighted by molar-refractivity contribution is 1.19. The van der Waals surface area contributed by atoms with Crippen LogP contribution in [0.5, 0.6) is 0 Å². The van der Waals surface area contributed by atoms with E-state index in [0.717, 1.165) is 11.3 Å². The smallest absolute Gasteiger partial charge is 0.221 e. The fraction of sp³-hybridized carbons (Fsp3) is 0.231. The summed E-state index contributed by atoms with van der Waals surface area (Å²) in [6, 6.07) is 9.75. The van der Waals surface area contributed by atoms with Gasteiger partial charge in [-0.25, -0.2) is 9.97 Å². The molecule has 1 aromatic carbocycles. The van der Waals surface area contributed by atoms with Gasteiger partial charge in [0.2, 0.25) is 5.95 Å². The van der Waals surface area contributed by atoms with Crippen molar-refractivity contribution >= 4 is 29.3 Å². The molecule has 2 aromatic rings. The summed E-state index contributed by atoms with van der Waals surface area (Å²) < 4.78 is 0. The average Bonchev–Trinajstić information content (AvgIpc) is 2.40. The third kappa shape index (κ3) is 3.89. The molecule has 0 spiro atoms. The van der Waals surface area contributed by atoms with Gasteiger partial charge in [-0.2, -0.15) is 0 Å². The molecule has 2 N–H and O–H groups in total. The summed E-state index contributed by atoms with van der Waals surface area (Å²) in [4.78, 5) is 9.16. The van der Waals surface area contributed by atoms with Gasteiger partial charge in [0.1, 0.15) is 5.15 Å². The number of rotatable bonds is 2. The summed E-state index contributed by atoms with van der Waals surface area (Å²) in [6.07, 6.45) is 2.04. The van der Waals surface area contributed by atoms with Crippen molar-refractivity contribution in [3.8, 4) is 11.3 Å². The molecule has 1 heterocycles. The number of hydrogen-bond acceptors (Lipinski definition) is 4. The third-order valence-corrected chi connectivity index (χ3v) is 3.04. The molecular weight excluding hydrogens is 266 g/mol. The molecule has 5 heteroatoms. The zero-order chi connectivity index (χ0) is 13.5. The van der Waals surface area contributed by atoms with E-state index in [1.54, 1.807) is 17.8 Å². The summed E-state index contributed by atoms with van der Waals surface area (Å²) in [5.74, 6) is 0.191. The fourth-order valence-corrected chi connectivity index (χ4v) is 1.94. The van der Waals surface area contributed by atoms with Crippen LogP contribution in [0.25, 0.3) is 11.3 Å². The lowest BCUT2D eigenvalue weighted by Crippen LogP contribution is -1.96. The number of nitrogens with two attached hydrogens (primary N) is 1. The van der Waals surface area contributed by atoms with E-state index in [2.05, 4.69) is 9.97 Å². The summed E-state index contributed by atoms with van der Waals surface area (Å²) in [7, 11) is 0. The van der Waals surface area contributed by atoms with Crippen LogP contribution in [-0.4, -0.2) is 16.2 Å². The van der Waals surface area contributed by atoms with Crippen molar-refractivity contribution in [2.45, 2.75) is 18.7 Å². The van der Waals surface area contributed by atoms with E-state index < -0.39 is 0 Å². The minimum atomic E-state index is 0.191. The van der Waals surface area contributed by atoms with Crippen LogP contribution in [0.4, 0.5) is 5.95 Å². The van der Waals surface area contributed by atoms with Gasteiger partial charge in [-0.05, 0) is 18.4 Å². The van der Waals surface area contributed by atoms with Gasteiger partial charge in [-0.1, -0.05) is 37.6 Å². The Morgan fingerprint density at radius 3 is 2.22 bits per heavy atom. The second-order valence-corrected chi connectivity index (χ2v) is 4.43. The Hall–Kier alpha value is -1.26. The number of anilines is 1. The predicted molar refractivity (Wildman–Crippen MR) is 80.0 cm³/mol. The first-order valence-electron chi connectivity index (χ1n) is 5.63. The molecule has 18 heavy (non-hydrogen) atoms. The molecule has 0 bridgehead atoms. The van der Waals surface area contributed by atoms with Crippen LogP contribution in [0.15, 0.2) is 35.2 Å². The van der Waals surface area contributed by atoms with Crippen LogP contribution >= 0.6 is 23.4 Å². The Morgan fingerprint density at radius 2 is 1.72 bits per heavy atom. The van der Waals surface area contributed by atoms with Gasteiger partial charge in [0.25, 0.3) is 0 Å². The van der Waals surface area contributed by atoms with Crippen LogP contribution in [0.1, 0.15) is 13.8 Å². The molecule has 0 saturated carbocycles. The fourth-order valence-electron chi connectivity index (χ4n) is 1.34. The molecule has 96 valence electrons. The summed E-state index contributed by atoms with van der Waals surface area (Å²) in [6.45, 7) is 4.00. The first kappa shape index (κ1) is 14.8. The summed E-state index contributed by atoms with van der Waals surface area (Å²) >= 11 is 7.52. The quantitative estimate of drug-likeness (QED) is 0.664. The Morgan fingerprint density at radius 1 is 1.11 bits per heavy atom. The Bertz CT molecular complexity index is 480. The first-order chi connectivity index (χ1) is 8.69. The van der Waals surface area contributed by atoms with Crippen LogP contribution in [0, 0.1) is 0 Å². The molecule has 0 radical (unpaired) electrons. The molecule has 0 unspecified atom stereocenters. The second-order valence-electron chi connectivity index (χ2n) is 3.16. The summed E-state index contributed by atoms with van der Waals surface area (Å²) in [5.41, 5.74) is 7.26. The van der Waals surface area contributed by atoms with Crippen molar-refractivity contribution in [2.24, 2.45) is 0 Å². The van der Waals surface area contributed by atoms with Crippen molar-refractivity contribution in [1.29, 1.82) is 0 Å². The van der Waals surface area contributed by atoms with Crippen molar-refractivity contribution in [3.63, 3.8) is 0 Å². The molecule has 0 amide bonds. The lowest BCUT2D eigenvalue weighted by atomic mass is 10.1. The molecule has 0 saturated heterocycles. The van der Waals surface area contributed by atoms with Crippen LogP contribution in [-0.2, 0) is 0 Å². The highest BCUT2D eigenvalue weighted by molar-refractivity contribution is 7.98. The van der Waals surface area contributed by atoms with Gasteiger partial charge in [0, 0.05) is 16.5 Å². The first-order valence-corrected chi connectivity index (χ1v) is 7.24. The number of halogens is 1. The highest BCUT2D eigenvalue weighted by atomic mass is 35.5.